The van der Waals surface area contributed by atoms with Crippen molar-refractivity contribution in [2.45, 2.75) is 13.5 Å². The van der Waals surface area contributed by atoms with Gasteiger partial charge in [0.2, 0.25) is 0 Å². The quantitative estimate of drug-likeness (QED) is 0.914. The maximum Gasteiger partial charge on any atom is 0.119 e. The van der Waals surface area contributed by atoms with Crippen molar-refractivity contribution in [3.8, 4) is 5.75 Å². The molecule has 132 valence electrons. The first-order chi connectivity index (χ1) is 11.6. The second kappa shape index (κ2) is 7.55. The van der Waals surface area contributed by atoms with Crippen LogP contribution in [0.15, 0.2) is 18.2 Å². The highest BCUT2D eigenvalue weighted by atomic mass is 16.5. The molecule has 2 aromatic rings. The van der Waals surface area contributed by atoms with E-state index in [1.165, 1.54) is 22.2 Å². The van der Waals surface area contributed by atoms with Crippen LogP contribution in [0.2, 0.25) is 0 Å². The van der Waals surface area contributed by atoms with Gasteiger partial charge in [-0.15, -0.1) is 0 Å². The maximum absolute atomic E-state index is 5.80. The van der Waals surface area contributed by atoms with Gasteiger partial charge in [-0.1, -0.05) is 0 Å². The van der Waals surface area contributed by atoms with E-state index in [1.54, 1.807) is 7.11 Å². The van der Waals surface area contributed by atoms with Gasteiger partial charge < -0.3 is 19.4 Å². The number of hydrogen-bond acceptors (Lipinski definition) is 4. The number of fused-ring (bicyclic) bond motifs is 1. The van der Waals surface area contributed by atoms with Gasteiger partial charge in [-0.05, 0) is 44.8 Å². The van der Waals surface area contributed by atoms with Crippen molar-refractivity contribution in [2.75, 3.05) is 54.1 Å². The van der Waals surface area contributed by atoms with Crippen molar-refractivity contribution in [1.82, 2.24) is 14.8 Å². The van der Waals surface area contributed by atoms with Gasteiger partial charge in [-0.3, -0.25) is 4.90 Å². The smallest absolute Gasteiger partial charge is 0.119 e. The molecule has 1 saturated heterocycles. The van der Waals surface area contributed by atoms with E-state index in [1.807, 2.05) is 6.07 Å². The van der Waals surface area contributed by atoms with Crippen LogP contribution < -0.4 is 4.74 Å². The number of rotatable bonds is 5. The van der Waals surface area contributed by atoms with Crippen LogP contribution in [-0.2, 0) is 11.3 Å². The van der Waals surface area contributed by atoms with Crippen LogP contribution in [0.5, 0.6) is 5.75 Å². The molecule has 0 aliphatic carbocycles. The Morgan fingerprint density at radius 3 is 2.96 bits per heavy atom. The minimum atomic E-state index is 0.562. The Balaban J connectivity index is 1.76. The first-order valence-electron chi connectivity index (χ1n) is 8.67. The third-order valence-corrected chi connectivity index (χ3v) is 4.80. The first-order valence-corrected chi connectivity index (χ1v) is 8.67. The van der Waals surface area contributed by atoms with Gasteiger partial charge in [0.15, 0.2) is 0 Å². The molecule has 1 unspecified atom stereocenters. The Morgan fingerprint density at radius 1 is 1.38 bits per heavy atom. The van der Waals surface area contributed by atoms with Crippen molar-refractivity contribution in [3.05, 3.63) is 29.5 Å². The van der Waals surface area contributed by atoms with Gasteiger partial charge in [-0.25, -0.2) is 0 Å². The molecule has 0 saturated carbocycles. The normalized spacial score (nSPS) is 19.8. The number of H-pyrrole nitrogens is 1. The van der Waals surface area contributed by atoms with E-state index in [0.29, 0.717) is 5.92 Å². The maximum atomic E-state index is 5.80. The fraction of sp³-hybridized carbons (Fsp3) is 0.579. The molecule has 1 aliphatic heterocycles. The molecule has 1 fully saturated rings. The monoisotopic (exact) mass is 331 g/mol. The van der Waals surface area contributed by atoms with E-state index in [2.05, 4.69) is 47.9 Å². The Bertz CT molecular complexity index is 681. The lowest BCUT2D eigenvalue weighted by atomic mass is 10.1. The van der Waals surface area contributed by atoms with E-state index >= 15 is 0 Å². The van der Waals surface area contributed by atoms with E-state index in [0.717, 1.165) is 45.1 Å². The summed E-state index contributed by atoms with van der Waals surface area (Å²) < 4.78 is 11.2. The van der Waals surface area contributed by atoms with Crippen LogP contribution in [0.3, 0.4) is 0 Å². The summed E-state index contributed by atoms with van der Waals surface area (Å²) in [6.07, 6.45) is 0. The molecule has 24 heavy (non-hydrogen) atoms. The number of nitrogens with zero attached hydrogens (tertiary/aromatic N) is 2. The molecule has 0 radical (unpaired) electrons. The van der Waals surface area contributed by atoms with Crippen molar-refractivity contribution < 1.29 is 9.47 Å². The van der Waals surface area contributed by atoms with Gasteiger partial charge >= 0.3 is 0 Å². The zero-order chi connectivity index (χ0) is 17.1. The topological polar surface area (TPSA) is 40.7 Å². The molecule has 1 atom stereocenters. The lowest BCUT2D eigenvalue weighted by molar-refractivity contribution is 0.112. The van der Waals surface area contributed by atoms with Crippen LogP contribution >= 0.6 is 0 Å². The number of aromatic amines is 1. The zero-order valence-electron chi connectivity index (χ0n) is 15.3. The number of benzene rings is 1. The molecule has 0 spiro atoms. The molecule has 1 aromatic heterocycles. The molecule has 0 bridgehead atoms. The predicted molar refractivity (Wildman–Crippen MR) is 97.7 cm³/mol. The third-order valence-electron chi connectivity index (χ3n) is 4.80. The second-order valence-electron chi connectivity index (χ2n) is 7.08. The fourth-order valence-corrected chi connectivity index (χ4v) is 3.59. The highest BCUT2D eigenvalue weighted by molar-refractivity contribution is 5.85. The largest absolute Gasteiger partial charge is 0.497 e. The van der Waals surface area contributed by atoms with Gasteiger partial charge in [-0.2, -0.15) is 0 Å². The molecule has 5 heteroatoms. The summed E-state index contributed by atoms with van der Waals surface area (Å²) in [5, 5.41) is 1.25. The molecule has 5 nitrogen and oxygen atoms in total. The van der Waals surface area contributed by atoms with E-state index in [-0.39, 0.29) is 0 Å². The minimum absolute atomic E-state index is 0.562. The van der Waals surface area contributed by atoms with E-state index in [9.17, 15) is 0 Å². The highest BCUT2D eigenvalue weighted by Crippen LogP contribution is 2.27. The third kappa shape index (κ3) is 3.91. The zero-order valence-corrected chi connectivity index (χ0v) is 15.3. The summed E-state index contributed by atoms with van der Waals surface area (Å²) in [5.74, 6) is 1.47. The van der Waals surface area contributed by atoms with E-state index < -0.39 is 0 Å². The van der Waals surface area contributed by atoms with Crippen molar-refractivity contribution >= 4 is 10.9 Å². The number of aromatic nitrogens is 1. The standard InChI is InChI=1S/C19H29N3O2/c1-14-17-9-16(23-4)5-6-18(17)20-19(14)12-22-7-8-24-13-15(11-22)10-21(2)3/h5-6,9,15,20H,7-8,10-13H2,1-4H3. The summed E-state index contributed by atoms with van der Waals surface area (Å²) >= 11 is 0. The molecule has 3 rings (SSSR count). The Kier molecular flexibility index (Phi) is 5.43. The van der Waals surface area contributed by atoms with Crippen LogP contribution in [0.1, 0.15) is 11.3 Å². The van der Waals surface area contributed by atoms with Crippen molar-refractivity contribution in [3.63, 3.8) is 0 Å². The summed E-state index contributed by atoms with van der Waals surface area (Å²) in [7, 11) is 5.97. The summed E-state index contributed by atoms with van der Waals surface area (Å²) in [4.78, 5) is 8.35. The van der Waals surface area contributed by atoms with Gasteiger partial charge in [0.05, 0.1) is 20.3 Å². The van der Waals surface area contributed by atoms with E-state index in [4.69, 9.17) is 9.47 Å². The minimum Gasteiger partial charge on any atom is -0.497 e. The SMILES string of the molecule is COc1ccc2[nH]c(CN3CCOCC(CN(C)C)C3)c(C)c2c1. The van der Waals surface area contributed by atoms with Crippen LogP contribution in [0.4, 0.5) is 0 Å². The van der Waals surface area contributed by atoms with Crippen molar-refractivity contribution in [1.29, 1.82) is 0 Å². The second-order valence-corrected chi connectivity index (χ2v) is 7.08. The molecule has 1 aliphatic rings. The Labute approximate surface area is 144 Å². The molecule has 0 amide bonds. The highest BCUT2D eigenvalue weighted by Gasteiger charge is 2.21. The Morgan fingerprint density at radius 2 is 2.21 bits per heavy atom. The number of aryl methyl sites for hydroxylation is 1. The molecular formula is C19H29N3O2. The molecule has 1 aromatic carbocycles. The number of methoxy groups -OCH3 is 1. The lowest BCUT2D eigenvalue weighted by Crippen LogP contribution is -2.34. The summed E-state index contributed by atoms with van der Waals surface area (Å²) in [6, 6.07) is 6.23. The molecular weight excluding hydrogens is 302 g/mol. The number of ether oxygens (including phenoxy) is 2. The van der Waals surface area contributed by atoms with Crippen LogP contribution in [0, 0.1) is 12.8 Å². The average molecular weight is 331 g/mol. The molecule has 1 N–H and O–H groups in total. The van der Waals surface area contributed by atoms with Crippen LogP contribution in [-0.4, -0.2) is 68.8 Å². The first kappa shape index (κ1) is 17.3. The fourth-order valence-electron chi connectivity index (χ4n) is 3.59. The number of nitrogens with one attached hydrogen (secondary N) is 1. The van der Waals surface area contributed by atoms with Gasteiger partial charge in [0.1, 0.15) is 5.75 Å². The van der Waals surface area contributed by atoms with Gasteiger partial charge in [0, 0.05) is 48.7 Å². The predicted octanol–water partition coefficient (Wildman–Crippen LogP) is 2.49. The average Bonchev–Trinajstić information content (AvgIpc) is 2.71. The van der Waals surface area contributed by atoms with Crippen molar-refractivity contribution in [2.24, 2.45) is 5.92 Å². The molecule has 2 heterocycles. The summed E-state index contributed by atoms with van der Waals surface area (Å²) in [5.41, 5.74) is 3.79. The summed E-state index contributed by atoms with van der Waals surface area (Å²) in [6.45, 7) is 7.95. The lowest BCUT2D eigenvalue weighted by Gasteiger charge is -2.25. The number of hydrogen-bond donors (Lipinski definition) is 1. The van der Waals surface area contributed by atoms with Gasteiger partial charge in [0.25, 0.3) is 0 Å². The Hall–Kier alpha value is -1.56. The van der Waals surface area contributed by atoms with Crippen LogP contribution in [0.25, 0.3) is 10.9 Å².